The Kier molecular flexibility index (Phi) is 8.44. The van der Waals surface area contributed by atoms with Gasteiger partial charge in [0.2, 0.25) is 0 Å². The number of carbonyl (C=O) groups excluding carboxylic acids is 1. The van der Waals surface area contributed by atoms with Crippen LogP contribution >= 0.6 is 23.2 Å². The lowest BCUT2D eigenvalue weighted by Gasteiger charge is -2.37. The number of nitrogens with zero attached hydrogens (tertiary/aromatic N) is 4. The maximum atomic E-state index is 15.7. The second-order valence-electron chi connectivity index (χ2n) is 11.9. The lowest BCUT2D eigenvalue weighted by molar-refractivity contribution is 0.0516. The Morgan fingerprint density at radius 3 is 2.48 bits per heavy atom. The van der Waals surface area contributed by atoms with Gasteiger partial charge in [0.25, 0.3) is 5.91 Å². The summed E-state index contributed by atoms with van der Waals surface area (Å²) in [6.07, 6.45) is 3.29. The number of benzene rings is 3. The topological polar surface area (TPSA) is 131 Å². The number of carbonyl (C=O) groups is 2. The SMILES string of the molecule is CN=Cc1nc(-c2cc(Cl)c(C(=O)N3COc4c(cccc4-c4cc(N5C6CCC5COC6)c(C(=O)O)cc4F)C3)c(Cl)c2)ccc1N. The third-order valence-corrected chi connectivity index (χ3v) is 9.59. The second-order valence-corrected chi connectivity index (χ2v) is 12.7. The Morgan fingerprint density at radius 1 is 1.06 bits per heavy atom. The minimum Gasteiger partial charge on any atom is -0.478 e. The van der Waals surface area contributed by atoms with Crippen LogP contribution in [-0.2, 0) is 11.3 Å². The summed E-state index contributed by atoms with van der Waals surface area (Å²) in [4.78, 5) is 38.0. The number of aromatic nitrogens is 1. The number of pyridine rings is 1. The van der Waals surface area contributed by atoms with Crippen molar-refractivity contribution >= 4 is 52.7 Å². The summed E-state index contributed by atoms with van der Waals surface area (Å²) >= 11 is 13.3. The minimum atomic E-state index is -1.20. The van der Waals surface area contributed by atoms with Crippen LogP contribution in [0.4, 0.5) is 15.8 Å². The van der Waals surface area contributed by atoms with E-state index in [4.69, 9.17) is 38.4 Å². The number of hydrogen-bond donors (Lipinski definition) is 2. The molecule has 4 aromatic rings. The largest absolute Gasteiger partial charge is 0.478 e. The van der Waals surface area contributed by atoms with Gasteiger partial charge in [-0.3, -0.25) is 9.79 Å². The average Bonchev–Trinajstić information content (AvgIpc) is 3.31. The van der Waals surface area contributed by atoms with E-state index < -0.39 is 17.7 Å². The number of nitrogen functional groups attached to an aromatic ring is 1. The number of morpholine rings is 1. The molecule has 13 heteroatoms. The number of nitrogens with two attached hydrogens (primary N) is 1. The molecule has 3 aliphatic rings. The molecule has 3 aromatic carbocycles. The zero-order valence-corrected chi connectivity index (χ0v) is 27.3. The van der Waals surface area contributed by atoms with Gasteiger partial charge in [0, 0.05) is 35.5 Å². The molecule has 2 saturated heterocycles. The van der Waals surface area contributed by atoms with Crippen LogP contribution in [0.5, 0.6) is 5.75 Å². The first kappa shape index (κ1) is 31.9. The number of carboxylic acid groups (broad SMARTS) is 1. The third-order valence-electron chi connectivity index (χ3n) is 8.99. The number of halogens is 3. The number of anilines is 2. The van der Waals surface area contributed by atoms with Gasteiger partial charge >= 0.3 is 5.97 Å². The molecule has 3 aliphatic heterocycles. The molecule has 1 aromatic heterocycles. The van der Waals surface area contributed by atoms with Crippen molar-refractivity contribution in [2.75, 3.05) is 37.6 Å². The summed E-state index contributed by atoms with van der Waals surface area (Å²) in [5.41, 5.74) is 9.88. The molecule has 1 amide bonds. The van der Waals surface area contributed by atoms with Gasteiger partial charge in [-0.1, -0.05) is 41.4 Å². The highest BCUT2D eigenvalue weighted by molar-refractivity contribution is 6.40. The molecular formula is C35H30Cl2FN5O5. The number of carboxylic acids is 1. The number of rotatable bonds is 6. The van der Waals surface area contributed by atoms with E-state index in [1.807, 2.05) is 0 Å². The maximum absolute atomic E-state index is 15.7. The Hall–Kier alpha value is -4.71. The van der Waals surface area contributed by atoms with Crippen molar-refractivity contribution in [3.63, 3.8) is 0 Å². The zero-order valence-electron chi connectivity index (χ0n) is 25.8. The van der Waals surface area contributed by atoms with Gasteiger partial charge in [-0.05, 0) is 49.2 Å². The Morgan fingerprint density at radius 2 is 1.79 bits per heavy atom. The fourth-order valence-corrected chi connectivity index (χ4v) is 7.40. The van der Waals surface area contributed by atoms with Gasteiger partial charge < -0.3 is 30.1 Å². The van der Waals surface area contributed by atoms with Crippen LogP contribution in [0.2, 0.25) is 10.0 Å². The van der Waals surface area contributed by atoms with E-state index in [9.17, 15) is 14.7 Å². The number of para-hydroxylation sites is 1. The molecule has 0 spiro atoms. The van der Waals surface area contributed by atoms with Gasteiger partial charge in [0.05, 0.1) is 70.1 Å². The molecule has 10 nitrogen and oxygen atoms in total. The number of aliphatic imine (C=N–C) groups is 1. The number of ether oxygens (including phenoxy) is 2. The van der Waals surface area contributed by atoms with E-state index in [2.05, 4.69) is 14.9 Å². The summed E-state index contributed by atoms with van der Waals surface area (Å²) < 4.78 is 27.5. The van der Waals surface area contributed by atoms with E-state index in [1.54, 1.807) is 61.8 Å². The molecule has 2 bridgehead atoms. The van der Waals surface area contributed by atoms with Crippen LogP contribution < -0.4 is 15.4 Å². The van der Waals surface area contributed by atoms with E-state index >= 15 is 4.39 Å². The summed E-state index contributed by atoms with van der Waals surface area (Å²) in [5, 5.41) is 10.2. The molecule has 4 heterocycles. The maximum Gasteiger partial charge on any atom is 0.337 e. The van der Waals surface area contributed by atoms with Crippen LogP contribution in [0, 0.1) is 5.82 Å². The highest BCUT2D eigenvalue weighted by Crippen LogP contribution is 2.43. The predicted octanol–water partition coefficient (Wildman–Crippen LogP) is 6.55. The molecule has 3 N–H and O–H groups in total. The Labute approximate surface area is 285 Å². The van der Waals surface area contributed by atoms with Gasteiger partial charge in [-0.25, -0.2) is 14.2 Å². The zero-order chi connectivity index (χ0) is 33.7. The van der Waals surface area contributed by atoms with Crippen LogP contribution in [0.1, 0.15) is 44.8 Å². The lowest BCUT2D eigenvalue weighted by Crippen LogP contribution is -2.46. The van der Waals surface area contributed by atoms with Crippen LogP contribution in [0.15, 0.2) is 59.6 Å². The Bertz CT molecular complexity index is 1970. The molecule has 2 atom stereocenters. The number of hydrogen-bond acceptors (Lipinski definition) is 8. The first-order valence-electron chi connectivity index (χ1n) is 15.3. The standard InChI is InChI=1S/C35H30Cl2FN5O5/c1-40-13-30-28(39)7-8-29(41-30)19-9-25(36)32(26(37)10-19)34(44)42-14-18-3-2-4-22(33(18)48-17-42)23-12-31(24(35(45)46)11-27(23)38)43-20-5-6-21(43)16-47-15-20/h2-4,7-13,20-21H,5-6,14-17,39H2,1H3,(H,45,46). The third kappa shape index (κ3) is 5.61. The number of fused-ring (bicyclic) bond motifs is 3. The van der Waals surface area contributed by atoms with Crippen LogP contribution in [0.3, 0.4) is 0 Å². The fraction of sp³-hybridized carbons (Fsp3) is 0.257. The normalized spacial score (nSPS) is 18.6. The van der Waals surface area contributed by atoms with Crippen molar-refractivity contribution in [1.82, 2.24) is 9.88 Å². The smallest absolute Gasteiger partial charge is 0.337 e. The average molecular weight is 691 g/mol. The highest BCUT2D eigenvalue weighted by atomic mass is 35.5. The Balaban J connectivity index is 1.19. The van der Waals surface area contributed by atoms with Crippen molar-refractivity contribution in [1.29, 1.82) is 0 Å². The molecule has 0 radical (unpaired) electrons. The van der Waals surface area contributed by atoms with Crippen molar-refractivity contribution in [2.45, 2.75) is 31.5 Å². The molecule has 7 rings (SSSR count). The van der Waals surface area contributed by atoms with Crippen LogP contribution in [0.25, 0.3) is 22.4 Å². The molecular weight excluding hydrogens is 660 g/mol. The highest BCUT2D eigenvalue weighted by Gasteiger charge is 2.40. The molecule has 48 heavy (non-hydrogen) atoms. The van der Waals surface area contributed by atoms with E-state index in [-0.39, 0.29) is 52.1 Å². The van der Waals surface area contributed by atoms with Gasteiger partial charge in [-0.15, -0.1) is 0 Å². The molecule has 0 saturated carbocycles. The van der Waals surface area contributed by atoms with Crippen molar-refractivity contribution in [3.05, 3.63) is 92.8 Å². The summed E-state index contributed by atoms with van der Waals surface area (Å²) in [7, 11) is 1.62. The van der Waals surface area contributed by atoms with Gasteiger partial charge in [-0.2, -0.15) is 0 Å². The van der Waals surface area contributed by atoms with Gasteiger partial charge in [0.1, 0.15) is 17.3 Å². The van der Waals surface area contributed by atoms with Gasteiger partial charge in [0.15, 0.2) is 6.73 Å². The monoisotopic (exact) mass is 689 g/mol. The van der Waals surface area contributed by atoms with E-state index in [0.29, 0.717) is 58.4 Å². The lowest BCUT2D eigenvalue weighted by atomic mass is 9.96. The molecule has 246 valence electrons. The van der Waals surface area contributed by atoms with Crippen molar-refractivity contribution in [2.24, 2.45) is 4.99 Å². The summed E-state index contributed by atoms with van der Waals surface area (Å²) in [5.74, 6) is -1.92. The fourth-order valence-electron chi connectivity index (χ4n) is 6.75. The first-order chi connectivity index (χ1) is 23.1. The van der Waals surface area contributed by atoms with Crippen molar-refractivity contribution < 1.29 is 28.6 Å². The minimum absolute atomic E-state index is 0.0177. The van der Waals surface area contributed by atoms with Crippen LogP contribution in [-0.4, -0.2) is 72.2 Å². The molecule has 0 aliphatic carbocycles. The van der Waals surface area contributed by atoms with E-state index in [0.717, 1.165) is 18.9 Å². The quantitative estimate of drug-likeness (QED) is 0.218. The second kappa shape index (κ2) is 12.7. The molecule has 2 fully saturated rings. The van der Waals surface area contributed by atoms with Crippen molar-refractivity contribution in [3.8, 4) is 28.1 Å². The number of aromatic carboxylic acids is 1. The summed E-state index contributed by atoms with van der Waals surface area (Å²) in [6.45, 7) is 0.969. The predicted molar refractivity (Wildman–Crippen MR) is 182 cm³/mol. The number of amides is 1. The summed E-state index contributed by atoms with van der Waals surface area (Å²) in [6, 6.07) is 14.6. The first-order valence-corrected chi connectivity index (χ1v) is 16.1. The van der Waals surface area contributed by atoms with E-state index in [1.165, 1.54) is 4.90 Å². The molecule has 2 unspecified atom stereocenters.